The van der Waals surface area contributed by atoms with E-state index in [1.54, 1.807) is 14.1 Å². The molecule has 12 nitrogen and oxygen atoms in total. The second-order valence-corrected chi connectivity index (χ2v) is 3.07. The van der Waals surface area contributed by atoms with E-state index in [0.717, 1.165) is 0 Å². The average Bonchev–Trinajstić information content (AvgIpc) is 2.75. The molecule has 0 radical (unpaired) electrons. The summed E-state index contributed by atoms with van der Waals surface area (Å²) in [6.45, 7) is 0. The molecule has 0 bridgehead atoms. The molecule has 0 spiro atoms. The molecule has 0 fully saturated rings. The van der Waals surface area contributed by atoms with Crippen molar-refractivity contribution >= 4 is 17.8 Å². The Balaban J connectivity index is 0.000000459. The van der Waals surface area contributed by atoms with Gasteiger partial charge >= 0.3 is 6.03 Å². The molecule has 0 unspecified atom stereocenters. The Hall–Kier alpha value is -3.05. The SMILES string of the molecule is CN(C)/N=N/c1[nH]cnc1C(N)=O.NC(=O)NN=O. The number of rotatable bonds is 4. The minimum Gasteiger partial charge on any atom is -0.364 e. The lowest BCUT2D eigenvalue weighted by atomic mass is 10.4. The molecule has 1 rings (SSSR count). The number of primary amides is 2. The van der Waals surface area contributed by atoms with E-state index in [1.165, 1.54) is 16.8 Å². The highest BCUT2D eigenvalue weighted by molar-refractivity contribution is 5.94. The number of nitroso groups, excluding NO2 is 1. The van der Waals surface area contributed by atoms with E-state index in [1.807, 2.05) is 5.29 Å². The fourth-order valence-corrected chi connectivity index (χ4v) is 0.723. The van der Waals surface area contributed by atoms with Crippen LogP contribution in [0.25, 0.3) is 0 Å². The van der Waals surface area contributed by atoms with Crippen LogP contribution in [0.2, 0.25) is 0 Å². The second kappa shape index (κ2) is 8.10. The normalized spacial score (nSPS) is 9.37. The van der Waals surface area contributed by atoms with Crippen molar-refractivity contribution < 1.29 is 9.59 Å². The van der Waals surface area contributed by atoms with Crippen molar-refractivity contribution in [3.63, 3.8) is 0 Å². The molecule has 0 aliphatic heterocycles. The van der Waals surface area contributed by atoms with E-state index in [2.05, 4.69) is 26.0 Å². The monoisotopic (exact) mass is 271 g/mol. The van der Waals surface area contributed by atoms with Gasteiger partial charge in [-0.05, 0) is 0 Å². The zero-order valence-electron chi connectivity index (χ0n) is 10.2. The number of H-pyrrole nitrogens is 1. The van der Waals surface area contributed by atoms with Gasteiger partial charge < -0.3 is 16.5 Å². The lowest BCUT2D eigenvalue weighted by Gasteiger charge is -1.99. The van der Waals surface area contributed by atoms with Crippen molar-refractivity contribution in [2.45, 2.75) is 0 Å². The third kappa shape index (κ3) is 6.98. The fraction of sp³-hybridized carbons (Fsp3) is 0.286. The zero-order valence-corrected chi connectivity index (χ0v) is 10.2. The summed E-state index contributed by atoms with van der Waals surface area (Å²) < 4.78 is 0. The number of carbonyl (C=O) groups is 2. The number of hydrogen-bond acceptors (Lipinski definition) is 7. The number of imidazole rings is 1. The maximum absolute atomic E-state index is 10.8. The third-order valence-corrected chi connectivity index (χ3v) is 1.33. The molecule has 0 atom stereocenters. The van der Waals surface area contributed by atoms with Crippen LogP contribution in [-0.4, -0.2) is 41.0 Å². The molecule has 104 valence electrons. The summed E-state index contributed by atoms with van der Waals surface area (Å²) >= 11 is 0. The molecule has 1 heterocycles. The number of aromatic nitrogens is 2. The Labute approximate surface area is 107 Å². The number of nitrogens with two attached hydrogens (primary N) is 2. The van der Waals surface area contributed by atoms with Gasteiger partial charge in [0.25, 0.3) is 5.91 Å². The molecule has 0 aromatic carbocycles. The average molecular weight is 271 g/mol. The summed E-state index contributed by atoms with van der Waals surface area (Å²) in [6, 6.07) is -0.940. The first-order valence-electron chi connectivity index (χ1n) is 4.68. The molecule has 0 saturated carbocycles. The van der Waals surface area contributed by atoms with Crippen molar-refractivity contribution in [3.8, 4) is 0 Å². The van der Waals surface area contributed by atoms with Gasteiger partial charge in [-0.2, -0.15) is 5.43 Å². The van der Waals surface area contributed by atoms with Gasteiger partial charge in [-0.25, -0.2) is 9.78 Å². The van der Waals surface area contributed by atoms with E-state index in [4.69, 9.17) is 10.6 Å². The minimum absolute atomic E-state index is 0.0885. The number of nitrogens with zero attached hydrogens (tertiary/aromatic N) is 5. The number of nitrogens with one attached hydrogen (secondary N) is 2. The standard InChI is InChI=1S/C6H10N6O.CH3N3O2/c1-12(2)11-10-6-4(5(7)13)8-3-9-6;2-1(5)3-4-6/h3H,1-2H3,(H2,7,13)(H,8,9);(H3,2,3,5,6)/b11-10+;. The number of carbonyl (C=O) groups excluding carboxylic acids is 2. The molecule has 6 N–H and O–H groups in total. The Morgan fingerprint density at radius 2 is 2.05 bits per heavy atom. The summed E-state index contributed by atoms with van der Waals surface area (Å²) in [7, 11) is 3.42. The van der Waals surface area contributed by atoms with Crippen LogP contribution in [-0.2, 0) is 0 Å². The minimum atomic E-state index is -0.940. The summed E-state index contributed by atoms with van der Waals surface area (Å²) in [6.07, 6.45) is 1.34. The quantitative estimate of drug-likeness (QED) is 0.323. The van der Waals surface area contributed by atoms with Crippen LogP contribution in [0.15, 0.2) is 22.0 Å². The summed E-state index contributed by atoms with van der Waals surface area (Å²) in [4.78, 5) is 35.5. The Morgan fingerprint density at radius 1 is 1.42 bits per heavy atom. The molecule has 1 aromatic heterocycles. The fourth-order valence-electron chi connectivity index (χ4n) is 0.723. The number of urea groups is 1. The van der Waals surface area contributed by atoms with Crippen molar-refractivity contribution in [2.24, 2.45) is 27.1 Å². The zero-order chi connectivity index (χ0) is 14.8. The van der Waals surface area contributed by atoms with Crippen molar-refractivity contribution in [3.05, 3.63) is 16.9 Å². The van der Waals surface area contributed by atoms with Gasteiger partial charge in [0.1, 0.15) is 0 Å². The van der Waals surface area contributed by atoms with Crippen LogP contribution in [0.5, 0.6) is 0 Å². The first-order valence-corrected chi connectivity index (χ1v) is 4.68. The van der Waals surface area contributed by atoms with Gasteiger partial charge in [0, 0.05) is 14.1 Å². The molecule has 3 amide bonds. The van der Waals surface area contributed by atoms with Crippen LogP contribution in [0.3, 0.4) is 0 Å². The highest BCUT2D eigenvalue weighted by Gasteiger charge is 2.09. The Bertz CT molecular complexity index is 466. The lowest BCUT2D eigenvalue weighted by Crippen LogP contribution is -2.23. The predicted molar refractivity (Wildman–Crippen MR) is 63.8 cm³/mol. The van der Waals surface area contributed by atoms with Gasteiger partial charge in [-0.15, -0.1) is 10.0 Å². The molecular formula is C7H13N9O3. The lowest BCUT2D eigenvalue weighted by molar-refractivity contribution is 0.0996. The van der Waals surface area contributed by atoms with Crippen molar-refractivity contribution in [1.82, 2.24) is 20.4 Å². The van der Waals surface area contributed by atoms with Gasteiger partial charge in [0.2, 0.25) is 0 Å². The molecule has 0 aliphatic carbocycles. The second-order valence-electron chi connectivity index (χ2n) is 3.07. The van der Waals surface area contributed by atoms with Crippen LogP contribution in [0.4, 0.5) is 10.6 Å². The first-order chi connectivity index (χ1) is 8.88. The van der Waals surface area contributed by atoms with Gasteiger partial charge in [0.05, 0.1) is 11.6 Å². The predicted octanol–water partition coefficient (Wildman–Crippen LogP) is -0.595. The largest absolute Gasteiger partial charge is 0.364 e. The van der Waals surface area contributed by atoms with E-state index in [0.29, 0.717) is 0 Å². The molecular weight excluding hydrogens is 258 g/mol. The van der Waals surface area contributed by atoms with E-state index < -0.39 is 11.9 Å². The van der Waals surface area contributed by atoms with Crippen LogP contribution in [0, 0.1) is 4.91 Å². The van der Waals surface area contributed by atoms with Crippen molar-refractivity contribution in [1.29, 1.82) is 0 Å². The summed E-state index contributed by atoms with van der Waals surface area (Å²) in [5.74, 6) is -0.366. The number of aromatic amines is 1. The first kappa shape index (κ1) is 16.0. The summed E-state index contributed by atoms with van der Waals surface area (Å²) in [5.41, 5.74) is 10.9. The Kier molecular flexibility index (Phi) is 6.80. The smallest absolute Gasteiger partial charge is 0.335 e. The van der Waals surface area contributed by atoms with Crippen LogP contribution in [0.1, 0.15) is 10.5 Å². The van der Waals surface area contributed by atoms with Gasteiger partial charge in [-0.3, -0.25) is 9.80 Å². The van der Waals surface area contributed by atoms with E-state index >= 15 is 0 Å². The molecule has 19 heavy (non-hydrogen) atoms. The Morgan fingerprint density at radius 3 is 2.42 bits per heavy atom. The molecule has 0 saturated heterocycles. The van der Waals surface area contributed by atoms with E-state index in [9.17, 15) is 9.59 Å². The highest BCUT2D eigenvalue weighted by Crippen LogP contribution is 2.12. The van der Waals surface area contributed by atoms with Gasteiger partial charge in [-0.1, -0.05) is 5.22 Å². The molecule has 12 heteroatoms. The maximum Gasteiger partial charge on any atom is 0.335 e. The maximum atomic E-state index is 10.8. The third-order valence-electron chi connectivity index (χ3n) is 1.33. The molecule has 1 aromatic rings. The van der Waals surface area contributed by atoms with Crippen LogP contribution >= 0.6 is 0 Å². The topological polar surface area (TPSA) is 184 Å². The van der Waals surface area contributed by atoms with Crippen molar-refractivity contribution in [2.75, 3.05) is 14.1 Å². The number of hydrogen-bond donors (Lipinski definition) is 4. The highest BCUT2D eigenvalue weighted by atomic mass is 16.3. The summed E-state index contributed by atoms with van der Waals surface area (Å²) in [5, 5.41) is 10.9. The van der Waals surface area contributed by atoms with Gasteiger partial charge in [0.15, 0.2) is 11.5 Å². The number of amides is 3. The van der Waals surface area contributed by atoms with Crippen LogP contribution < -0.4 is 16.9 Å². The molecule has 0 aliphatic rings. The van der Waals surface area contributed by atoms with E-state index in [-0.39, 0.29) is 11.5 Å².